The molecule has 4 aromatic heterocycles. The van der Waals surface area contributed by atoms with Gasteiger partial charge in [0, 0.05) is 73.3 Å². The standard InChI is InChI=1S/C30H28NS3.C15H28O2.Ir/c1-16(2)13-24-17(3)25-22(33-24)8-7-20-26-23(34-29(20)25)9-11-31-27(26)19-14-18-10-12-32-28(18)21(15-19)30(4,5)6;1-7-14(5,8-2)12(16)11-13(17)15(6,9-3)10-4;/h7-12,15-16H,13H2,1-6H3;11,16H,7-10H2,1-6H3;/q-1;;/b;12-11-;. The first kappa shape index (κ1) is 42.3. The monoisotopic (exact) mass is 931 g/mol. The zero-order chi connectivity index (χ0) is 37.5. The molecule has 0 saturated carbocycles. The Morgan fingerprint density at radius 2 is 1.52 bits per heavy atom. The minimum absolute atomic E-state index is 0. The van der Waals surface area contributed by atoms with Gasteiger partial charge in [-0.2, -0.15) is 11.3 Å². The van der Waals surface area contributed by atoms with Crippen molar-refractivity contribution in [1.29, 1.82) is 0 Å². The number of benzene rings is 2. The summed E-state index contributed by atoms with van der Waals surface area (Å²) < 4.78 is 5.45. The van der Waals surface area contributed by atoms with Crippen LogP contribution in [0.2, 0.25) is 0 Å². The van der Waals surface area contributed by atoms with E-state index in [9.17, 15) is 9.90 Å². The maximum absolute atomic E-state index is 12.2. The minimum Gasteiger partial charge on any atom is -0.512 e. The van der Waals surface area contributed by atoms with Gasteiger partial charge in [-0.15, -0.1) is 46.3 Å². The molecule has 281 valence electrons. The molecule has 0 aliphatic carbocycles. The average molecular weight is 931 g/mol. The molecule has 0 saturated heterocycles. The molecule has 0 unspecified atom stereocenters. The van der Waals surface area contributed by atoms with Gasteiger partial charge in [-0.3, -0.25) is 9.78 Å². The molecule has 6 rings (SSSR count). The topological polar surface area (TPSA) is 50.2 Å². The van der Waals surface area contributed by atoms with Crippen LogP contribution < -0.4 is 0 Å². The van der Waals surface area contributed by atoms with Gasteiger partial charge >= 0.3 is 0 Å². The van der Waals surface area contributed by atoms with Gasteiger partial charge in [0.25, 0.3) is 0 Å². The first-order chi connectivity index (χ1) is 24.0. The van der Waals surface area contributed by atoms with Gasteiger partial charge in [0.05, 0.1) is 0 Å². The van der Waals surface area contributed by atoms with Crippen LogP contribution in [-0.2, 0) is 36.7 Å². The number of aryl methyl sites for hydroxylation is 1. The van der Waals surface area contributed by atoms with E-state index in [0.717, 1.165) is 43.4 Å². The Hall–Kier alpha value is -2.41. The summed E-state index contributed by atoms with van der Waals surface area (Å²) in [5.41, 5.74) is 4.44. The number of hydrogen-bond donors (Lipinski definition) is 1. The Morgan fingerprint density at radius 3 is 2.12 bits per heavy atom. The molecule has 1 N–H and O–H groups in total. The number of rotatable bonds is 10. The summed E-state index contributed by atoms with van der Waals surface area (Å²) in [5.74, 6) is 0.953. The van der Waals surface area contributed by atoms with E-state index >= 15 is 0 Å². The Morgan fingerprint density at radius 1 is 0.885 bits per heavy atom. The predicted molar refractivity (Wildman–Crippen MR) is 227 cm³/mol. The number of hydrogen-bond acceptors (Lipinski definition) is 6. The zero-order valence-electron chi connectivity index (χ0n) is 33.1. The van der Waals surface area contributed by atoms with Crippen LogP contribution in [0.5, 0.6) is 0 Å². The van der Waals surface area contributed by atoms with Crippen molar-refractivity contribution in [3.05, 3.63) is 75.8 Å². The van der Waals surface area contributed by atoms with Crippen LogP contribution >= 0.6 is 34.0 Å². The molecule has 0 aliphatic rings. The number of carbonyl (C=O) groups excluding carboxylic acids is 1. The van der Waals surface area contributed by atoms with Crippen LogP contribution in [-0.4, -0.2) is 15.9 Å². The molecule has 0 bridgehead atoms. The SMILES string of the molecule is CCC(C)(CC)C(=O)/C=C(\O)C(C)(CC)CC.Cc1c(CC(C)C)sc2ccc3c(sc4ccnc(-c5[c-]c6ccsc6c(C(C)(C)C)c5)c43)c12.[Ir]. The Labute approximate surface area is 337 Å². The van der Waals surface area contributed by atoms with E-state index in [1.807, 2.05) is 81.7 Å². The first-order valence-electron chi connectivity index (χ1n) is 18.6. The van der Waals surface area contributed by atoms with Crippen molar-refractivity contribution in [1.82, 2.24) is 4.98 Å². The number of pyridine rings is 1. The number of ketones is 1. The maximum atomic E-state index is 12.2. The van der Waals surface area contributed by atoms with Gasteiger partial charge in [0.1, 0.15) is 5.76 Å². The molecular formula is C45H56IrNO2S3-. The van der Waals surface area contributed by atoms with Crippen LogP contribution in [0.25, 0.3) is 51.6 Å². The first-order valence-corrected chi connectivity index (χ1v) is 21.1. The number of aliphatic hydroxyl groups excluding tert-OH is 1. The number of aliphatic hydroxyl groups is 1. The third-order valence-corrected chi connectivity index (χ3v) is 14.7. The molecule has 7 heteroatoms. The number of fused-ring (bicyclic) bond motifs is 6. The molecule has 0 amide bonds. The second kappa shape index (κ2) is 16.5. The zero-order valence-corrected chi connectivity index (χ0v) is 37.9. The molecule has 0 spiro atoms. The normalized spacial score (nSPS) is 12.9. The number of allylic oxidation sites excluding steroid dienone is 2. The van der Waals surface area contributed by atoms with E-state index in [-0.39, 0.29) is 47.9 Å². The van der Waals surface area contributed by atoms with Crippen molar-refractivity contribution >= 4 is 80.1 Å². The number of nitrogens with zero attached hydrogens (tertiary/aromatic N) is 1. The summed E-state index contributed by atoms with van der Waals surface area (Å²) in [5, 5.41) is 17.5. The van der Waals surface area contributed by atoms with Crippen LogP contribution in [0.15, 0.2) is 53.7 Å². The number of thiophene rings is 3. The van der Waals surface area contributed by atoms with E-state index < -0.39 is 0 Å². The molecule has 0 fully saturated rings. The van der Waals surface area contributed by atoms with Crippen LogP contribution in [0.1, 0.15) is 118 Å². The molecule has 6 aromatic rings. The smallest absolute Gasteiger partial charge is 0.164 e. The van der Waals surface area contributed by atoms with Crippen molar-refractivity contribution < 1.29 is 30.0 Å². The van der Waals surface area contributed by atoms with E-state index in [1.54, 1.807) is 0 Å². The van der Waals surface area contributed by atoms with Crippen molar-refractivity contribution in [2.75, 3.05) is 0 Å². The fourth-order valence-corrected chi connectivity index (χ4v) is 10.6. The largest absolute Gasteiger partial charge is 0.512 e. The summed E-state index contributed by atoms with van der Waals surface area (Å²) in [4.78, 5) is 18.6. The Kier molecular flexibility index (Phi) is 13.5. The summed E-state index contributed by atoms with van der Waals surface area (Å²) in [6.45, 7) is 25.9. The van der Waals surface area contributed by atoms with Crippen LogP contribution in [0, 0.1) is 29.7 Å². The number of carbonyl (C=O) groups is 1. The second-order valence-corrected chi connectivity index (χ2v) is 19.2. The van der Waals surface area contributed by atoms with Gasteiger partial charge in [-0.1, -0.05) is 93.4 Å². The van der Waals surface area contributed by atoms with Crippen molar-refractivity contribution in [2.45, 2.75) is 121 Å². The summed E-state index contributed by atoms with van der Waals surface area (Å²) in [7, 11) is 0. The molecule has 0 aliphatic heterocycles. The Balaban J connectivity index is 0.000000289. The number of aromatic nitrogens is 1. The average Bonchev–Trinajstić information content (AvgIpc) is 3.81. The second-order valence-electron chi connectivity index (χ2n) is 16.1. The van der Waals surface area contributed by atoms with E-state index in [1.165, 1.54) is 62.4 Å². The molecule has 52 heavy (non-hydrogen) atoms. The fourth-order valence-electron chi connectivity index (χ4n) is 6.70. The molecule has 0 atom stereocenters. The minimum atomic E-state index is -0.337. The maximum Gasteiger partial charge on any atom is 0.164 e. The Bertz CT molecular complexity index is 2220. The summed E-state index contributed by atoms with van der Waals surface area (Å²) >= 11 is 5.70. The van der Waals surface area contributed by atoms with Gasteiger partial charge in [0.15, 0.2) is 5.78 Å². The van der Waals surface area contributed by atoms with Gasteiger partial charge < -0.3 is 5.11 Å². The molecular weight excluding hydrogens is 875 g/mol. The van der Waals surface area contributed by atoms with Crippen molar-refractivity contribution in [3.63, 3.8) is 0 Å². The van der Waals surface area contributed by atoms with Gasteiger partial charge in [-0.25, -0.2) is 0 Å². The van der Waals surface area contributed by atoms with Crippen LogP contribution in [0.3, 0.4) is 0 Å². The molecule has 4 heterocycles. The van der Waals surface area contributed by atoms with Gasteiger partial charge in [0.2, 0.25) is 0 Å². The van der Waals surface area contributed by atoms with Gasteiger partial charge in [-0.05, 0) is 88.9 Å². The van der Waals surface area contributed by atoms with E-state index in [4.69, 9.17) is 4.98 Å². The third-order valence-electron chi connectivity index (χ3n) is 11.3. The third kappa shape index (κ3) is 8.15. The fraction of sp³-hybridized carbons (Fsp3) is 0.467. The van der Waals surface area contributed by atoms with E-state index in [2.05, 4.69) is 83.3 Å². The molecule has 3 nitrogen and oxygen atoms in total. The predicted octanol–water partition coefficient (Wildman–Crippen LogP) is 14.8. The summed E-state index contributed by atoms with van der Waals surface area (Å²) in [6.07, 6.45) is 7.87. The molecule has 1 radical (unpaired) electrons. The van der Waals surface area contributed by atoms with Crippen molar-refractivity contribution in [2.24, 2.45) is 16.7 Å². The summed E-state index contributed by atoms with van der Waals surface area (Å²) in [6, 6.07) is 15.1. The van der Waals surface area contributed by atoms with E-state index in [0.29, 0.717) is 5.92 Å². The van der Waals surface area contributed by atoms with Crippen LogP contribution in [0.4, 0.5) is 0 Å². The molecule has 2 aromatic carbocycles. The van der Waals surface area contributed by atoms with Crippen molar-refractivity contribution in [3.8, 4) is 11.3 Å². The quantitative estimate of drug-likeness (QED) is 0.0846.